The van der Waals surface area contributed by atoms with Gasteiger partial charge in [0.1, 0.15) is 0 Å². The van der Waals surface area contributed by atoms with E-state index in [1.807, 2.05) is 18.2 Å². The van der Waals surface area contributed by atoms with E-state index in [1.165, 1.54) is 25.9 Å². The Morgan fingerprint density at radius 1 is 0.818 bits per heavy atom. The molecule has 3 aliphatic rings. The zero-order valence-corrected chi connectivity index (χ0v) is 14.3. The van der Waals surface area contributed by atoms with Crippen LogP contribution in [0, 0.1) is 0 Å². The van der Waals surface area contributed by atoms with Gasteiger partial charge in [0.25, 0.3) is 0 Å². The third kappa shape index (κ3) is 3.01. The Kier molecular flexibility index (Phi) is 4.74. The van der Waals surface area contributed by atoms with Gasteiger partial charge in [-0.15, -0.1) is 27.2 Å². The molecule has 3 saturated heterocycles. The zero-order chi connectivity index (χ0) is 14.1. The summed E-state index contributed by atoms with van der Waals surface area (Å²) in [6.07, 6.45) is 2.50. The van der Waals surface area contributed by atoms with Gasteiger partial charge < -0.3 is 9.80 Å². The first-order valence-corrected chi connectivity index (χ1v) is 7.78. The van der Waals surface area contributed by atoms with Crippen LogP contribution in [0.5, 0.6) is 0 Å². The van der Waals surface area contributed by atoms with Crippen LogP contribution in [0.1, 0.15) is 12.8 Å². The van der Waals surface area contributed by atoms with Crippen LogP contribution in [0.2, 0.25) is 0 Å². The average Bonchev–Trinajstić information content (AvgIpc) is 2.90. The molecule has 3 fully saturated rings. The molecule has 0 aliphatic carbocycles. The smallest absolute Gasteiger partial charge is 0.151 e. The molecule has 0 radical (unpaired) electrons. The predicted molar refractivity (Wildman–Crippen MR) is 94.6 cm³/mol. The van der Waals surface area contributed by atoms with Crippen molar-refractivity contribution in [1.29, 1.82) is 0 Å². The first-order chi connectivity index (χ1) is 10.4. The molecule has 4 heterocycles. The third-order valence-electron chi connectivity index (χ3n) is 4.67. The fourth-order valence-corrected chi connectivity index (χ4v) is 3.43. The molecule has 116 valence electrons. The minimum absolute atomic E-state index is 0. The summed E-state index contributed by atoms with van der Waals surface area (Å²) in [5.74, 6) is 1.03. The first-order valence-electron chi connectivity index (χ1n) is 7.78. The van der Waals surface area contributed by atoms with Crippen molar-refractivity contribution in [3.63, 3.8) is 0 Å². The SMILES string of the molecule is Br.c1ccc(-c2ccc(N3CCN4CCC3CC4)nn2)cc1. The molecule has 0 saturated carbocycles. The summed E-state index contributed by atoms with van der Waals surface area (Å²) < 4.78 is 0. The second-order valence-corrected chi connectivity index (χ2v) is 5.91. The van der Waals surface area contributed by atoms with E-state index >= 15 is 0 Å². The number of anilines is 1. The Bertz CT molecular complexity index is 594. The highest BCUT2D eigenvalue weighted by molar-refractivity contribution is 8.93. The normalized spacial score (nSPS) is 23.7. The van der Waals surface area contributed by atoms with E-state index in [0.717, 1.165) is 30.2 Å². The number of fused-ring (bicyclic) bond motifs is 4. The van der Waals surface area contributed by atoms with E-state index in [9.17, 15) is 0 Å². The summed E-state index contributed by atoms with van der Waals surface area (Å²) >= 11 is 0. The largest absolute Gasteiger partial charge is 0.351 e. The lowest BCUT2D eigenvalue weighted by molar-refractivity contribution is 0.250. The second kappa shape index (κ2) is 6.75. The Morgan fingerprint density at radius 2 is 1.59 bits per heavy atom. The maximum atomic E-state index is 4.49. The number of benzene rings is 1. The number of rotatable bonds is 2. The molecule has 0 atom stereocenters. The lowest BCUT2D eigenvalue weighted by Crippen LogP contribution is -2.38. The van der Waals surface area contributed by atoms with Gasteiger partial charge in [0.15, 0.2) is 5.82 Å². The number of nitrogens with zero attached hydrogens (tertiary/aromatic N) is 4. The van der Waals surface area contributed by atoms with Gasteiger partial charge in [0.2, 0.25) is 0 Å². The van der Waals surface area contributed by atoms with Gasteiger partial charge in [-0.2, -0.15) is 0 Å². The molecule has 0 N–H and O–H groups in total. The Balaban J connectivity index is 0.00000144. The van der Waals surface area contributed by atoms with Gasteiger partial charge in [-0.3, -0.25) is 0 Å². The minimum Gasteiger partial charge on any atom is -0.351 e. The van der Waals surface area contributed by atoms with E-state index in [0.29, 0.717) is 6.04 Å². The number of aromatic nitrogens is 2. The van der Waals surface area contributed by atoms with Crippen LogP contribution in [0.15, 0.2) is 42.5 Å². The van der Waals surface area contributed by atoms with Crippen LogP contribution < -0.4 is 4.90 Å². The van der Waals surface area contributed by atoms with E-state index in [4.69, 9.17) is 0 Å². The molecule has 3 aliphatic heterocycles. The molecule has 0 amide bonds. The summed E-state index contributed by atoms with van der Waals surface area (Å²) in [6, 6.07) is 15.1. The van der Waals surface area contributed by atoms with Gasteiger partial charge in [-0.05, 0) is 25.0 Å². The molecule has 5 heteroatoms. The van der Waals surface area contributed by atoms with Crippen molar-refractivity contribution in [2.75, 3.05) is 31.1 Å². The molecule has 4 nitrogen and oxygen atoms in total. The quantitative estimate of drug-likeness (QED) is 0.823. The molecule has 2 bridgehead atoms. The van der Waals surface area contributed by atoms with Crippen molar-refractivity contribution in [3.8, 4) is 11.3 Å². The van der Waals surface area contributed by atoms with Crippen LogP contribution in [0.3, 0.4) is 0 Å². The zero-order valence-electron chi connectivity index (χ0n) is 12.6. The van der Waals surface area contributed by atoms with Crippen LogP contribution >= 0.6 is 17.0 Å². The second-order valence-electron chi connectivity index (χ2n) is 5.91. The van der Waals surface area contributed by atoms with Crippen LogP contribution in [-0.2, 0) is 0 Å². The molecule has 0 unspecified atom stereocenters. The molecule has 2 aromatic rings. The number of hydrogen-bond donors (Lipinski definition) is 0. The highest BCUT2D eigenvalue weighted by Gasteiger charge is 2.29. The van der Waals surface area contributed by atoms with Gasteiger partial charge in [-0.1, -0.05) is 30.3 Å². The lowest BCUT2D eigenvalue weighted by Gasteiger charge is -2.31. The Hall–Kier alpha value is -1.46. The molecular weight excluding hydrogens is 340 g/mol. The van der Waals surface area contributed by atoms with Crippen molar-refractivity contribution < 1.29 is 0 Å². The van der Waals surface area contributed by atoms with Crippen molar-refractivity contribution in [2.45, 2.75) is 18.9 Å². The maximum absolute atomic E-state index is 4.49. The number of piperidine rings is 1. The van der Waals surface area contributed by atoms with Gasteiger partial charge >= 0.3 is 0 Å². The van der Waals surface area contributed by atoms with Crippen LogP contribution in [0.4, 0.5) is 5.82 Å². The number of halogens is 1. The minimum atomic E-state index is 0. The maximum Gasteiger partial charge on any atom is 0.151 e. The summed E-state index contributed by atoms with van der Waals surface area (Å²) in [4.78, 5) is 5.01. The van der Waals surface area contributed by atoms with E-state index in [2.05, 4.69) is 44.3 Å². The summed E-state index contributed by atoms with van der Waals surface area (Å²) in [5.41, 5.74) is 2.07. The average molecular weight is 361 g/mol. The van der Waals surface area contributed by atoms with E-state index in [1.54, 1.807) is 0 Å². The molecule has 5 rings (SSSR count). The summed E-state index contributed by atoms with van der Waals surface area (Å²) in [7, 11) is 0. The topological polar surface area (TPSA) is 32.3 Å². The summed E-state index contributed by atoms with van der Waals surface area (Å²) in [6.45, 7) is 4.69. The fraction of sp³-hybridized carbons (Fsp3) is 0.412. The molecular formula is C17H21BrN4. The van der Waals surface area contributed by atoms with E-state index < -0.39 is 0 Å². The van der Waals surface area contributed by atoms with Crippen LogP contribution in [-0.4, -0.2) is 47.3 Å². The van der Waals surface area contributed by atoms with E-state index in [-0.39, 0.29) is 17.0 Å². The monoisotopic (exact) mass is 360 g/mol. The Labute approximate surface area is 141 Å². The highest BCUT2D eigenvalue weighted by Crippen LogP contribution is 2.26. The summed E-state index contributed by atoms with van der Waals surface area (Å²) in [5, 5.41) is 8.93. The number of hydrogen-bond acceptors (Lipinski definition) is 4. The van der Waals surface area contributed by atoms with Gasteiger partial charge in [0, 0.05) is 37.8 Å². The molecule has 1 aromatic heterocycles. The fourth-order valence-electron chi connectivity index (χ4n) is 3.43. The van der Waals surface area contributed by atoms with Gasteiger partial charge in [0.05, 0.1) is 5.69 Å². The molecule has 22 heavy (non-hydrogen) atoms. The highest BCUT2D eigenvalue weighted by atomic mass is 79.9. The molecule has 0 spiro atoms. The lowest BCUT2D eigenvalue weighted by atomic mass is 10.1. The predicted octanol–water partition coefficient (Wildman–Crippen LogP) is 3.01. The van der Waals surface area contributed by atoms with Crippen LogP contribution in [0.25, 0.3) is 11.3 Å². The van der Waals surface area contributed by atoms with Crippen molar-refractivity contribution in [3.05, 3.63) is 42.5 Å². The van der Waals surface area contributed by atoms with Crippen molar-refractivity contribution >= 4 is 22.8 Å². The van der Waals surface area contributed by atoms with Crippen molar-refractivity contribution in [2.24, 2.45) is 0 Å². The standard InChI is InChI=1S/C17H20N4.BrH/c1-2-4-14(5-3-1)16-6-7-17(19-18-16)21-13-12-20-10-8-15(21)9-11-20;/h1-7,15H,8-13H2;1H. The Morgan fingerprint density at radius 3 is 2.27 bits per heavy atom. The third-order valence-corrected chi connectivity index (χ3v) is 4.67. The van der Waals surface area contributed by atoms with Gasteiger partial charge in [-0.25, -0.2) is 0 Å². The molecule has 1 aromatic carbocycles. The first kappa shape index (κ1) is 15.4. The van der Waals surface area contributed by atoms with Crippen molar-refractivity contribution in [1.82, 2.24) is 15.1 Å².